The zero-order chi connectivity index (χ0) is 24.1. The van der Waals surface area contributed by atoms with Crippen LogP contribution in [0.4, 0.5) is 0 Å². The molecule has 0 bridgehead atoms. The fraction of sp³-hybridized carbons (Fsp3) is 0.120. The van der Waals surface area contributed by atoms with E-state index in [1.165, 1.54) is 11.8 Å². The van der Waals surface area contributed by atoms with Crippen LogP contribution in [-0.4, -0.2) is 16.6 Å². The molecule has 9 heteroatoms. The van der Waals surface area contributed by atoms with Gasteiger partial charge in [0.2, 0.25) is 0 Å². The van der Waals surface area contributed by atoms with E-state index in [9.17, 15) is 5.26 Å². The normalized spacial score (nSPS) is 11.4. The number of thioether (sulfide) groups is 1. The average Bonchev–Trinajstić information content (AvgIpc) is 3.22. The number of allylic oxidation sites excluding steroid dienone is 1. The molecule has 0 unspecified atom stereocenters. The Labute approximate surface area is 225 Å². The van der Waals surface area contributed by atoms with Gasteiger partial charge in [-0.3, -0.25) is 0 Å². The van der Waals surface area contributed by atoms with Crippen molar-refractivity contribution >= 4 is 74.7 Å². The molecule has 0 amide bonds. The number of fused-ring (bicyclic) bond motifs is 1. The summed E-state index contributed by atoms with van der Waals surface area (Å²) in [6.07, 6.45) is 1.81. The van der Waals surface area contributed by atoms with Gasteiger partial charge in [-0.1, -0.05) is 41.4 Å². The number of imidazole rings is 1. The van der Waals surface area contributed by atoms with Crippen molar-refractivity contribution in [3.8, 4) is 17.6 Å². The van der Waals surface area contributed by atoms with Crippen LogP contribution < -0.4 is 9.47 Å². The molecule has 0 aliphatic rings. The highest BCUT2D eigenvalue weighted by Crippen LogP contribution is 2.37. The first-order chi connectivity index (χ1) is 16.5. The van der Waals surface area contributed by atoms with E-state index in [0.29, 0.717) is 38.2 Å². The number of ether oxygens (including phenoxy) is 2. The Kier molecular flexibility index (Phi) is 8.27. The van der Waals surface area contributed by atoms with Gasteiger partial charge in [0.15, 0.2) is 16.7 Å². The van der Waals surface area contributed by atoms with Gasteiger partial charge in [0.25, 0.3) is 0 Å². The third kappa shape index (κ3) is 5.99. The Morgan fingerprint density at radius 2 is 2.00 bits per heavy atom. The summed E-state index contributed by atoms with van der Waals surface area (Å²) in [4.78, 5) is 8.27. The molecule has 1 N–H and O–H groups in total. The minimum Gasteiger partial charge on any atom is -0.490 e. The zero-order valence-corrected chi connectivity index (χ0v) is 22.4. The minimum absolute atomic E-state index is 0.270. The highest BCUT2D eigenvalue weighted by Gasteiger charge is 2.14. The maximum Gasteiger partial charge on any atom is 0.175 e. The maximum absolute atomic E-state index is 9.72. The lowest BCUT2D eigenvalue weighted by Crippen LogP contribution is -2.02. The maximum atomic E-state index is 9.72. The van der Waals surface area contributed by atoms with Crippen LogP contribution in [0, 0.1) is 14.9 Å². The van der Waals surface area contributed by atoms with Crippen LogP contribution >= 0.6 is 57.6 Å². The molecule has 4 rings (SSSR count). The first-order valence-electron chi connectivity index (χ1n) is 10.2. The summed E-state index contributed by atoms with van der Waals surface area (Å²) < 4.78 is 12.8. The van der Waals surface area contributed by atoms with E-state index in [-0.39, 0.29) is 6.61 Å². The van der Waals surface area contributed by atoms with Crippen molar-refractivity contribution in [2.45, 2.75) is 18.7 Å². The molecule has 0 saturated carbocycles. The van der Waals surface area contributed by atoms with E-state index in [1.807, 2.05) is 55.5 Å². The molecule has 3 aromatic carbocycles. The molecule has 0 aliphatic heterocycles. The van der Waals surface area contributed by atoms with Gasteiger partial charge < -0.3 is 14.5 Å². The third-order valence-corrected chi connectivity index (χ3v) is 6.91. The fourth-order valence-corrected chi connectivity index (χ4v) is 5.18. The van der Waals surface area contributed by atoms with Crippen molar-refractivity contribution in [1.29, 1.82) is 5.26 Å². The summed E-state index contributed by atoms with van der Waals surface area (Å²) in [5.74, 6) is 1.21. The molecule has 0 radical (unpaired) electrons. The summed E-state index contributed by atoms with van der Waals surface area (Å²) >= 11 is 15.8. The summed E-state index contributed by atoms with van der Waals surface area (Å²) in [6.45, 7) is 2.65. The van der Waals surface area contributed by atoms with E-state index in [2.05, 4.69) is 38.6 Å². The second-order valence-electron chi connectivity index (χ2n) is 7.07. The molecule has 34 heavy (non-hydrogen) atoms. The number of hydrogen-bond acceptors (Lipinski definition) is 5. The number of benzene rings is 3. The van der Waals surface area contributed by atoms with Crippen LogP contribution in [0.2, 0.25) is 10.0 Å². The molecule has 5 nitrogen and oxygen atoms in total. The van der Waals surface area contributed by atoms with E-state index >= 15 is 0 Å². The molecule has 1 aromatic heterocycles. The van der Waals surface area contributed by atoms with Crippen molar-refractivity contribution in [1.82, 2.24) is 9.97 Å². The lowest BCUT2D eigenvalue weighted by atomic mass is 10.2. The largest absolute Gasteiger partial charge is 0.490 e. The van der Waals surface area contributed by atoms with Gasteiger partial charge in [-0.05, 0) is 89.3 Å². The zero-order valence-electron chi connectivity index (χ0n) is 17.9. The lowest BCUT2D eigenvalue weighted by Gasteiger charge is -2.15. The number of para-hydroxylation sites is 2. The van der Waals surface area contributed by atoms with E-state index in [1.54, 1.807) is 12.1 Å². The Bertz CT molecular complexity index is 1380. The molecule has 0 saturated heterocycles. The number of aromatic nitrogens is 2. The van der Waals surface area contributed by atoms with Gasteiger partial charge in [0, 0.05) is 15.6 Å². The highest BCUT2D eigenvalue weighted by atomic mass is 127. The van der Waals surface area contributed by atoms with Crippen LogP contribution in [0.3, 0.4) is 0 Å². The number of nitrogens with one attached hydrogen (secondary N) is 1. The van der Waals surface area contributed by atoms with E-state index < -0.39 is 0 Å². The predicted molar refractivity (Wildman–Crippen MR) is 147 cm³/mol. The highest BCUT2D eigenvalue weighted by molar-refractivity contribution is 14.1. The van der Waals surface area contributed by atoms with Crippen LogP contribution in [0.1, 0.15) is 18.1 Å². The van der Waals surface area contributed by atoms with Gasteiger partial charge in [0.05, 0.1) is 26.1 Å². The Hall–Kier alpha value is -2.38. The van der Waals surface area contributed by atoms with Gasteiger partial charge in [-0.25, -0.2) is 4.98 Å². The summed E-state index contributed by atoms with van der Waals surface area (Å²) in [7, 11) is 0. The topological polar surface area (TPSA) is 70.9 Å². The van der Waals surface area contributed by atoms with Crippen molar-refractivity contribution in [3.63, 3.8) is 0 Å². The van der Waals surface area contributed by atoms with Crippen LogP contribution in [0.15, 0.2) is 64.7 Å². The van der Waals surface area contributed by atoms with Crippen molar-refractivity contribution in [2.75, 3.05) is 6.61 Å². The van der Waals surface area contributed by atoms with Crippen molar-refractivity contribution < 1.29 is 9.47 Å². The molecule has 0 spiro atoms. The molecule has 0 atom stereocenters. The van der Waals surface area contributed by atoms with Gasteiger partial charge in [-0.15, -0.1) is 0 Å². The van der Waals surface area contributed by atoms with Crippen molar-refractivity contribution in [3.05, 3.63) is 84.2 Å². The average molecular weight is 622 g/mol. The summed E-state index contributed by atoms with van der Waals surface area (Å²) in [5, 5.41) is 11.5. The predicted octanol–water partition coefficient (Wildman–Crippen LogP) is 8.11. The number of nitrogens with zero attached hydrogens (tertiary/aromatic N) is 2. The number of halogens is 3. The first kappa shape index (κ1) is 24.7. The second kappa shape index (κ2) is 11.4. The van der Waals surface area contributed by atoms with Crippen molar-refractivity contribution in [2.24, 2.45) is 0 Å². The third-order valence-electron chi connectivity index (χ3n) is 4.70. The van der Waals surface area contributed by atoms with E-state index in [0.717, 1.165) is 25.7 Å². The molecule has 1 heterocycles. The minimum atomic E-state index is 0.270. The molecular formula is C25H18Cl2IN3O2S. The van der Waals surface area contributed by atoms with E-state index in [4.69, 9.17) is 32.7 Å². The van der Waals surface area contributed by atoms with Crippen LogP contribution in [0.5, 0.6) is 11.5 Å². The number of rotatable bonds is 8. The second-order valence-corrected chi connectivity index (χ2v) is 10.1. The lowest BCUT2D eigenvalue weighted by molar-refractivity contribution is 0.267. The standard InChI is InChI=1S/C25H18Cl2IN3O2S/c1-2-32-23-11-15(9-18(13-29)34-25-30-21-5-3-4-6-22(21)31-25)10-20(28)24(23)33-14-16-7-8-17(26)12-19(16)27/h3-12H,2,14H2,1H3,(H,30,31)/b18-9+. The fourth-order valence-electron chi connectivity index (χ4n) is 3.18. The summed E-state index contributed by atoms with van der Waals surface area (Å²) in [6, 6.07) is 19.1. The number of H-pyrrole nitrogens is 1. The smallest absolute Gasteiger partial charge is 0.175 e. The molecule has 172 valence electrons. The molecule has 4 aromatic rings. The van der Waals surface area contributed by atoms with Crippen LogP contribution in [0.25, 0.3) is 17.1 Å². The Morgan fingerprint density at radius 3 is 2.74 bits per heavy atom. The SMILES string of the molecule is CCOc1cc(/C=C(\C#N)Sc2nc3ccccc3[nH]2)cc(I)c1OCc1ccc(Cl)cc1Cl. The molecular weight excluding hydrogens is 604 g/mol. The first-order valence-corrected chi connectivity index (χ1v) is 12.9. The summed E-state index contributed by atoms with van der Waals surface area (Å²) in [5.41, 5.74) is 3.43. The number of nitriles is 1. The van der Waals surface area contributed by atoms with Gasteiger partial charge in [-0.2, -0.15) is 5.26 Å². The number of aromatic amines is 1. The monoisotopic (exact) mass is 621 g/mol. The number of hydrogen-bond donors (Lipinski definition) is 1. The van der Waals surface area contributed by atoms with Gasteiger partial charge in [0.1, 0.15) is 12.7 Å². The van der Waals surface area contributed by atoms with Crippen LogP contribution in [-0.2, 0) is 6.61 Å². The Morgan fingerprint density at radius 1 is 1.18 bits per heavy atom. The molecule has 0 aliphatic carbocycles. The Balaban J connectivity index is 1.58. The quantitative estimate of drug-likeness (QED) is 0.122. The van der Waals surface area contributed by atoms with Gasteiger partial charge >= 0.3 is 0 Å². The molecule has 0 fully saturated rings.